The van der Waals surface area contributed by atoms with Crippen LogP contribution < -0.4 is 5.32 Å². The zero-order valence-corrected chi connectivity index (χ0v) is 11.0. The molecule has 1 saturated carbocycles. The molecule has 0 aromatic heterocycles. The molecule has 0 bridgehead atoms. The molecule has 0 aromatic rings. The van der Waals surface area contributed by atoms with Gasteiger partial charge in [-0.05, 0) is 31.6 Å². The van der Waals surface area contributed by atoms with E-state index in [1.54, 1.807) is 7.11 Å². The van der Waals surface area contributed by atoms with Crippen molar-refractivity contribution in [2.45, 2.75) is 45.1 Å². The first-order chi connectivity index (χ1) is 7.56. The first-order valence-corrected chi connectivity index (χ1v) is 6.48. The molecule has 1 fully saturated rings. The van der Waals surface area contributed by atoms with E-state index >= 15 is 0 Å². The molecule has 0 saturated heterocycles. The summed E-state index contributed by atoms with van der Waals surface area (Å²) in [6.45, 7) is 6.45. The highest BCUT2D eigenvalue weighted by molar-refractivity contribution is 4.87. The van der Waals surface area contributed by atoms with Crippen LogP contribution in [0.1, 0.15) is 39.5 Å². The van der Waals surface area contributed by atoms with E-state index in [1.165, 1.54) is 25.7 Å². The van der Waals surface area contributed by atoms with Gasteiger partial charge in [-0.2, -0.15) is 0 Å². The molecule has 1 aliphatic rings. The van der Waals surface area contributed by atoms with Crippen LogP contribution in [0.4, 0.5) is 0 Å². The van der Waals surface area contributed by atoms with Crippen molar-refractivity contribution in [3.8, 4) is 0 Å². The average Bonchev–Trinajstić information content (AvgIpc) is 2.24. The fourth-order valence-electron chi connectivity index (χ4n) is 2.66. The number of nitrogens with one attached hydrogen (secondary N) is 1. The Morgan fingerprint density at radius 2 is 2.19 bits per heavy atom. The van der Waals surface area contributed by atoms with Gasteiger partial charge < -0.3 is 15.2 Å². The fraction of sp³-hybridized carbons (Fsp3) is 1.00. The van der Waals surface area contributed by atoms with Crippen molar-refractivity contribution in [2.75, 3.05) is 26.8 Å². The summed E-state index contributed by atoms with van der Waals surface area (Å²) < 4.78 is 4.97. The molecule has 16 heavy (non-hydrogen) atoms. The van der Waals surface area contributed by atoms with Crippen LogP contribution in [0.25, 0.3) is 0 Å². The van der Waals surface area contributed by atoms with Crippen LogP contribution in [-0.4, -0.2) is 37.5 Å². The summed E-state index contributed by atoms with van der Waals surface area (Å²) >= 11 is 0. The van der Waals surface area contributed by atoms with Crippen molar-refractivity contribution in [3.63, 3.8) is 0 Å². The molecule has 2 N–H and O–H groups in total. The Morgan fingerprint density at radius 1 is 1.44 bits per heavy atom. The van der Waals surface area contributed by atoms with Gasteiger partial charge in [-0.1, -0.05) is 19.8 Å². The van der Waals surface area contributed by atoms with Gasteiger partial charge in [-0.15, -0.1) is 0 Å². The van der Waals surface area contributed by atoms with Gasteiger partial charge in [0.05, 0.1) is 12.2 Å². The Kier molecular flexibility index (Phi) is 5.73. The molecule has 1 aliphatic carbocycles. The van der Waals surface area contributed by atoms with Crippen molar-refractivity contribution in [1.82, 2.24) is 5.32 Å². The van der Waals surface area contributed by atoms with Crippen LogP contribution in [-0.2, 0) is 4.74 Å². The van der Waals surface area contributed by atoms with Crippen molar-refractivity contribution in [2.24, 2.45) is 11.8 Å². The molecule has 3 atom stereocenters. The van der Waals surface area contributed by atoms with E-state index in [9.17, 15) is 5.11 Å². The topological polar surface area (TPSA) is 41.5 Å². The summed E-state index contributed by atoms with van der Waals surface area (Å²) in [5.41, 5.74) is -0.567. The summed E-state index contributed by atoms with van der Waals surface area (Å²) in [5, 5.41) is 13.7. The maximum absolute atomic E-state index is 10.5. The Bertz CT molecular complexity index is 194. The van der Waals surface area contributed by atoms with Gasteiger partial charge >= 0.3 is 0 Å². The van der Waals surface area contributed by atoms with Gasteiger partial charge in [0.15, 0.2) is 0 Å². The lowest BCUT2D eigenvalue weighted by Crippen LogP contribution is -2.46. The zero-order chi connectivity index (χ0) is 12.0. The molecule has 0 radical (unpaired) electrons. The van der Waals surface area contributed by atoms with Gasteiger partial charge in [0.25, 0.3) is 0 Å². The number of aliphatic hydroxyl groups is 1. The Labute approximate surface area is 99.6 Å². The van der Waals surface area contributed by atoms with Gasteiger partial charge in [0.1, 0.15) is 0 Å². The standard InChI is InChI=1S/C13H27NO2/c1-11-5-4-6-12(9-11)13(2,15)10-14-7-8-16-3/h11-12,14-15H,4-10H2,1-3H3. The van der Waals surface area contributed by atoms with Gasteiger partial charge in [0.2, 0.25) is 0 Å². The lowest BCUT2D eigenvalue weighted by atomic mass is 9.74. The van der Waals surface area contributed by atoms with Gasteiger partial charge in [-0.3, -0.25) is 0 Å². The highest BCUT2D eigenvalue weighted by Crippen LogP contribution is 2.35. The summed E-state index contributed by atoms with van der Waals surface area (Å²) in [6.07, 6.45) is 4.92. The molecule has 0 heterocycles. The monoisotopic (exact) mass is 229 g/mol. The first kappa shape index (κ1) is 13.9. The predicted molar refractivity (Wildman–Crippen MR) is 66.5 cm³/mol. The van der Waals surface area contributed by atoms with Crippen molar-refractivity contribution < 1.29 is 9.84 Å². The second-order valence-electron chi connectivity index (χ2n) is 5.50. The maximum atomic E-state index is 10.5. The highest BCUT2D eigenvalue weighted by Gasteiger charge is 2.34. The molecule has 0 aliphatic heterocycles. The largest absolute Gasteiger partial charge is 0.389 e. The number of hydrogen-bond acceptors (Lipinski definition) is 3. The lowest BCUT2D eigenvalue weighted by molar-refractivity contribution is -0.0236. The third kappa shape index (κ3) is 4.40. The number of methoxy groups -OCH3 is 1. The van der Waals surface area contributed by atoms with E-state index in [-0.39, 0.29) is 0 Å². The van der Waals surface area contributed by atoms with Crippen molar-refractivity contribution in [1.29, 1.82) is 0 Å². The van der Waals surface area contributed by atoms with E-state index in [0.717, 1.165) is 12.5 Å². The summed E-state index contributed by atoms with van der Waals surface area (Å²) in [6, 6.07) is 0. The molecule has 0 aromatic carbocycles. The normalized spacial score (nSPS) is 30.0. The predicted octanol–water partition coefficient (Wildman–Crippen LogP) is 1.80. The van der Waals surface area contributed by atoms with Crippen LogP contribution in [0.5, 0.6) is 0 Å². The Balaban J connectivity index is 2.30. The number of ether oxygens (including phenoxy) is 1. The Hall–Kier alpha value is -0.120. The Morgan fingerprint density at radius 3 is 2.81 bits per heavy atom. The third-order valence-electron chi connectivity index (χ3n) is 3.78. The van der Waals surface area contributed by atoms with E-state index in [0.29, 0.717) is 19.1 Å². The second kappa shape index (κ2) is 6.58. The van der Waals surface area contributed by atoms with E-state index in [1.807, 2.05) is 6.92 Å². The lowest BCUT2D eigenvalue weighted by Gasteiger charge is -2.38. The molecule has 0 amide bonds. The van der Waals surface area contributed by atoms with Crippen LogP contribution in [0, 0.1) is 11.8 Å². The second-order valence-corrected chi connectivity index (χ2v) is 5.50. The number of hydrogen-bond donors (Lipinski definition) is 2. The fourth-order valence-corrected chi connectivity index (χ4v) is 2.66. The van der Waals surface area contributed by atoms with Crippen LogP contribution in [0.15, 0.2) is 0 Å². The van der Waals surface area contributed by atoms with E-state index < -0.39 is 5.60 Å². The van der Waals surface area contributed by atoms with Crippen molar-refractivity contribution in [3.05, 3.63) is 0 Å². The summed E-state index contributed by atoms with van der Waals surface area (Å²) in [7, 11) is 1.70. The minimum Gasteiger partial charge on any atom is -0.389 e. The quantitative estimate of drug-likeness (QED) is 0.682. The minimum absolute atomic E-state index is 0.450. The third-order valence-corrected chi connectivity index (χ3v) is 3.78. The van der Waals surface area contributed by atoms with Crippen LogP contribution in [0.3, 0.4) is 0 Å². The van der Waals surface area contributed by atoms with Crippen LogP contribution in [0.2, 0.25) is 0 Å². The molecular weight excluding hydrogens is 202 g/mol. The molecule has 0 spiro atoms. The van der Waals surface area contributed by atoms with Gasteiger partial charge in [0, 0.05) is 20.2 Å². The summed E-state index contributed by atoms with van der Waals surface area (Å²) in [5.74, 6) is 1.22. The molecular formula is C13H27NO2. The first-order valence-electron chi connectivity index (χ1n) is 6.48. The molecule has 3 nitrogen and oxygen atoms in total. The molecule has 3 unspecified atom stereocenters. The van der Waals surface area contributed by atoms with E-state index in [2.05, 4.69) is 12.2 Å². The minimum atomic E-state index is -0.567. The van der Waals surface area contributed by atoms with Gasteiger partial charge in [-0.25, -0.2) is 0 Å². The smallest absolute Gasteiger partial charge is 0.0771 e. The van der Waals surface area contributed by atoms with Crippen molar-refractivity contribution >= 4 is 0 Å². The SMILES string of the molecule is COCCNCC(C)(O)C1CCCC(C)C1. The highest BCUT2D eigenvalue weighted by atomic mass is 16.5. The van der Waals surface area contributed by atoms with E-state index in [4.69, 9.17) is 4.74 Å². The molecule has 1 rings (SSSR count). The number of rotatable bonds is 6. The summed E-state index contributed by atoms with van der Waals surface area (Å²) in [4.78, 5) is 0. The average molecular weight is 229 g/mol. The maximum Gasteiger partial charge on any atom is 0.0771 e. The van der Waals surface area contributed by atoms with Crippen LogP contribution >= 0.6 is 0 Å². The zero-order valence-electron chi connectivity index (χ0n) is 11.0. The molecule has 96 valence electrons. The molecule has 3 heteroatoms.